The summed E-state index contributed by atoms with van der Waals surface area (Å²) in [5, 5.41) is 11.8. The van der Waals surface area contributed by atoms with Gasteiger partial charge in [0.15, 0.2) is 0 Å². The molecule has 1 amide bonds. The van der Waals surface area contributed by atoms with E-state index in [2.05, 4.69) is 5.32 Å². The Morgan fingerprint density at radius 3 is 2.35 bits per heavy atom. The van der Waals surface area contributed by atoms with Crippen molar-refractivity contribution >= 4 is 11.6 Å². The molecule has 0 atom stereocenters. The van der Waals surface area contributed by atoms with Crippen molar-refractivity contribution < 1.29 is 23.1 Å². The minimum atomic E-state index is -4.49. The standard InChI is InChI=1S/C13H17F3N2O2/c1-2-17-11-5-3-10(4-6-11)12(20)18(7-8-19)9-13(14,15)16/h3-6,17,19H,2,7-9H2,1H3. The maximum Gasteiger partial charge on any atom is 0.406 e. The van der Waals surface area contributed by atoms with Gasteiger partial charge in [-0.2, -0.15) is 13.2 Å². The second-order valence-electron chi connectivity index (χ2n) is 4.17. The van der Waals surface area contributed by atoms with Gasteiger partial charge in [0.25, 0.3) is 5.91 Å². The normalized spacial score (nSPS) is 11.2. The lowest BCUT2D eigenvalue weighted by molar-refractivity contribution is -0.141. The molecule has 0 aliphatic carbocycles. The summed E-state index contributed by atoms with van der Waals surface area (Å²) in [6.07, 6.45) is -4.49. The molecule has 0 heterocycles. The van der Waals surface area contributed by atoms with Crippen molar-refractivity contribution in [3.05, 3.63) is 29.8 Å². The quantitative estimate of drug-likeness (QED) is 0.843. The molecular formula is C13H17F3N2O2. The summed E-state index contributed by atoms with van der Waals surface area (Å²) in [6.45, 7) is 0.370. The van der Waals surface area contributed by atoms with Gasteiger partial charge in [-0.15, -0.1) is 0 Å². The Morgan fingerprint density at radius 1 is 1.30 bits per heavy atom. The largest absolute Gasteiger partial charge is 0.406 e. The van der Waals surface area contributed by atoms with Crippen LogP contribution in [0.15, 0.2) is 24.3 Å². The lowest BCUT2D eigenvalue weighted by Gasteiger charge is -2.23. The first-order valence-corrected chi connectivity index (χ1v) is 6.18. The van der Waals surface area contributed by atoms with Crippen LogP contribution < -0.4 is 5.32 Å². The zero-order valence-electron chi connectivity index (χ0n) is 11.1. The fourth-order valence-corrected chi connectivity index (χ4v) is 1.71. The molecule has 112 valence electrons. The molecule has 1 aromatic carbocycles. The fourth-order valence-electron chi connectivity index (χ4n) is 1.71. The summed E-state index contributed by atoms with van der Waals surface area (Å²) in [4.78, 5) is 12.6. The van der Waals surface area contributed by atoms with Crippen LogP contribution in [0, 0.1) is 0 Å². The molecule has 1 rings (SSSR count). The molecule has 1 aromatic rings. The Kier molecular flexibility index (Phi) is 5.82. The first-order chi connectivity index (χ1) is 9.37. The smallest absolute Gasteiger partial charge is 0.395 e. The number of aliphatic hydroxyl groups excluding tert-OH is 1. The summed E-state index contributed by atoms with van der Waals surface area (Å²) in [6, 6.07) is 6.17. The zero-order valence-corrected chi connectivity index (χ0v) is 11.1. The van der Waals surface area contributed by atoms with Gasteiger partial charge >= 0.3 is 6.18 Å². The van der Waals surface area contributed by atoms with E-state index in [1.807, 2.05) is 6.92 Å². The van der Waals surface area contributed by atoms with E-state index in [1.54, 1.807) is 12.1 Å². The third-order valence-electron chi connectivity index (χ3n) is 2.54. The average molecular weight is 290 g/mol. The lowest BCUT2D eigenvalue weighted by atomic mass is 10.1. The molecule has 0 spiro atoms. The van der Waals surface area contributed by atoms with E-state index in [9.17, 15) is 18.0 Å². The minimum Gasteiger partial charge on any atom is -0.395 e. The predicted octanol–water partition coefficient (Wildman–Crippen LogP) is 2.12. The molecule has 0 aliphatic heterocycles. The highest BCUT2D eigenvalue weighted by atomic mass is 19.4. The summed E-state index contributed by atoms with van der Waals surface area (Å²) < 4.78 is 37.2. The number of aliphatic hydroxyl groups is 1. The number of hydrogen-bond donors (Lipinski definition) is 2. The molecule has 0 aliphatic rings. The molecule has 0 unspecified atom stereocenters. The number of nitrogens with zero attached hydrogens (tertiary/aromatic N) is 1. The van der Waals surface area contributed by atoms with Gasteiger partial charge in [-0.25, -0.2) is 0 Å². The van der Waals surface area contributed by atoms with Gasteiger partial charge in [-0.1, -0.05) is 0 Å². The summed E-state index contributed by atoms with van der Waals surface area (Å²) in [7, 11) is 0. The van der Waals surface area contributed by atoms with Gasteiger partial charge in [-0.05, 0) is 31.2 Å². The number of nitrogens with one attached hydrogen (secondary N) is 1. The van der Waals surface area contributed by atoms with Crippen LogP contribution in [-0.4, -0.2) is 48.3 Å². The maximum atomic E-state index is 12.4. The molecular weight excluding hydrogens is 273 g/mol. The Labute approximate surface area is 115 Å². The summed E-state index contributed by atoms with van der Waals surface area (Å²) in [5.74, 6) is -0.751. The van der Waals surface area contributed by atoms with E-state index in [-0.39, 0.29) is 12.1 Å². The van der Waals surface area contributed by atoms with Gasteiger partial charge in [0.1, 0.15) is 6.54 Å². The molecule has 0 saturated carbocycles. The van der Waals surface area contributed by atoms with Crippen molar-refractivity contribution in [1.82, 2.24) is 4.90 Å². The second kappa shape index (κ2) is 7.14. The average Bonchev–Trinajstić information content (AvgIpc) is 2.37. The number of rotatable bonds is 6. The summed E-state index contributed by atoms with van der Waals surface area (Å²) in [5.41, 5.74) is 0.943. The van der Waals surface area contributed by atoms with Gasteiger partial charge in [-0.3, -0.25) is 4.79 Å². The van der Waals surface area contributed by atoms with E-state index in [4.69, 9.17) is 5.11 Å². The van der Waals surface area contributed by atoms with Crippen LogP contribution in [-0.2, 0) is 0 Å². The van der Waals surface area contributed by atoms with E-state index in [0.29, 0.717) is 11.4 Å². The third-order valence-corrected chi connectivity index (χ3v) is 2.54. The van der Waals surface area contributed by atoms with Crippen molar-refractivity contribution in [3.8, 4) is 0 Å². The number of benzene rings is 1. The summed E-state index contributed by atoms with van der Waals surface area (Å²) >= 11 is 0. The van der Waals surface area contributed by atoms with Crippen LogP contribution >= 0.6 is 0 Å². The number of hydrogen-bond acceptors (Lipinski definition) is 3. The monoisotopic (exact) mass is 290 g/mol. The van der Waals surface area contributed by atoms with Crippen molar-refractivity contribution in [1.29, 1.82) is 0 Å². The van der Waals surface area contributed by atoms with E-state index in [0.717, 1.165) is 5.69 Å². The molecule has 0 radical (unpaired) electrons. The molecule has 0 fully saturated rings. The van der Waals surface area contributed by atoms with Gasteiger partial charge < -0.3 is 15.3 Å². The number of carbonyl (C=O) groups is 1. The number of anilines is 1. The predicted molar refractivity (Wildman–Crippen MR) is 69.7 cm³/mol. The highest BCUT2D eigenvalue weighted by Crippen LogP contribution is 2.18. The van der Waals surface area contributed by atoms with E-state index >= 15 is 0 Å². The molecule has 7 heteroatoms. The van der Waals surface area contributed by atoms with Crippen molar-refractivity contribution in [3.63, 3.8) is 0 Å². The van der Waals surface area contributed by atoms with Gasteiger partial charge in [0, 0.05) is 24.3 Å². The zero-order chi connectivity index (χ0) is 15.2. The number of carbonyl (C=O) groups excluding carboxylic acids is 1. The number of amides is 1. The van der Waals surface area contributed by atoms with Crippen molar-refractivity contribution in [2.75, 3.05) is 31.6 Å². The molecule has 0 aromatic heterocycles. The highest BCUT2D eigenvalue weighted by molar-refractivity contribution is 5.94. The van der Waals surface area contributed by atoms with Gasteiger partial charge in [0.05, 0.1) is 6.61 Å². The lowest BCUT2D eigenvalue weighted by Crippen LogP contribution is -2.40. The van der Waals surface area contributed by atoms with E-state index < -0.39 is 25.2 Å². The molecule has 0 bridgehead atoms. The maximum absolute atomic E-state index is 12.4. The Bertz CT molecular complexity index is 432. The Balaban J connectivity index is 2.83. The highest BCUT2D eigenvalue weighted by Gasteiger charge is 2.33. The van der Waals surface area contributed by atoms with Gasteiger partial charge in [0.2, 0.25) is 0 Å². The fraction of sp³-hybridized carbons (Fsp3) is 0.462. The van der Waals surface area contributed by atoms with Crippen LogP contribution in [0.4, 0.5) is 18.9 Å². The minimum absolute atomic E-state index is 0.157. The first-order valence-electron chi connectivity index (χ1n) is 6.18. The van der Waals surface area contributed by atoms with Crippen LogP contribution in [0.25, 0.3) is 0 Å². The Morgan fingerprint density at radius 2 is 1.90 bits per heavy atom. The third kappa shape index (κ3) is 5.08. The molecule has 0 saturated heterocycles. The molecule has 4 nitrogen and oxygen atoms in total. The van der Waals surface area contributed by atoms with Crippen LogP contribution in [0.3, 0.4) is 0 Å². The van der Waals surface area contributed by atoms with Crippen LogP contribution in [0.1, 0.15) is 17.3 Å². The molecule has 20 heavy (non-hydrogen) atoms. The van der Waals surface area contributed by atoms with Crippen LogP contribution in [0.5, 0.6) is 0 Å². The second-order valence-corrected chi connectivity index (χ2v) is 4.17. The SMILES string of the molecule is CCNc1ccc(C(=O)N(CCO)CC(F)(F)F)cc1. The van der Waals surface area contributed by atoms with E-state index in [1.165, 1.54) is 12.1 Å². The molecule has 2 N–H and O–H groups in total. The first kappa shape index (κ1) is 16.3. The topological polar surface area (TPSA) is 52.6 Å². The Hall–Kier alpha value is -1.76. The van der Waals surface area contributed by atoms with Crippen molar-refractivity contribution in [2.24, 2.45) is 0 Å². The number of alkyl halides is 3. The number of halogens is 3. The van der Waals surface area contributed by atoms with Crippen LogP contribution in [0.2, 0.25) is 0 Å². The van der Waals surface area contributed by atoms with Crippen molar-refractivity contribution in [2.45, 2.75) is 13.1 Å².